The van der Waals surface area contributed by atoms with Crippen molar-refractivity contribution >= 4 is 0 Å². The van der Waals surface area contributed by atoms with Crippen molar-refractivity contribution in [3.8, 4) is 0 Å². The number of benzene rings is 1. The number of rotatable bonds is 4. The summed E-state index contributed by atoms with van der Waals surface area (Å²) >= 11 is 0. The molecule has 1 aromatic heterocycles. The first kappa shape index (κ1) is 12.2. The summed E-state index contributed by atoms with van der Waals surface area (Å²) in [6.07, 6.45) is 5.70. The number of hydrogen-bond donors (Lipinski definition) is 1. The quantitative estimate of drug-likeness (QED) is 0.909. The Kier molecular flexibility index (Phi) is 2.98. The molecule has 0 aliphatic heterocycles. The first-order valence-corrected chi connectivity index (χ1v) is 6.43. The van der Waals surface area contributed by atoms with Crippen LogP contribution in [-0.4, -0.2) is 9.13 Å². The third-order valence-corrected chi connectivity index (χ3v) is 3.54. The van der Waals surface area contributed by atoms with Crippen LogP contribution in [0.4, 0.5) is 4.39 Å². The SMILES string of the molecule is NCc1ccc(F)cc1Cn1ccn(C2CC2)c1=O. The largest absolute Gasteiger partial charge is 0.328 e. The Morgan fingerprint density at radius 2 is 2.05 bits per heavy atom. The molecule has 0 amide bonds. The van der Waals surface area contributed by atoms with Crippen molar-refractivity contribution in [2.24, 2.45) is 5.73 Å². The van der Waals surface area contributed by atoms with Gasteiger partial charge in [0, 0.05) is 25.0 Å². The van der Waals surface area contributed by atoms with Crippen LogP contribution < -0.4 is 11.4 Å². The molecule has 2 aromatic rings. The van der Waals surface area contributed by atoms with E-state index in [-0.39, 0.29) is 11.5 Å². The van der Waals surface area contributed by atoms with Crippen LogP contribution in [0.5, 0.6) is 0 Å². The van der Waals surface area contributed by atoms with Gasteiger partial charge >= 0.3 is 5.69 Å². The Hall–Kier alpha value is -1.88. The Balaban J connectivity index is 1.92. The number of nitrogens with zero attached hydrogens (tertiary/aromatic N) is 2. The van der Waals surface area contributed by atoms with Crippen molar-refractivity contribution in [2.45, 2.75) is 32.0 Å². The lowest BCUT2D eigenvalue weighted by molar-refractivity contribution is 0.617. The highest BCUT2D eigenvalue weighted by Crippen LogP contribution is 2.33. The molecule has 0 bridgehead atoms. The summed E-state index contributed by atoms with van der Waals surface area (Å²) in [5.74, 6) is -0.304. The molecule has 100 valence electrons. The minimum absolute atomic E-state index is 0.0327. The molecule has 0 radical (unpaired) electrons. The van der Waals surface area contributed by atoms with E-state index in [0.29, 0.717) is 19.1 Å². The fourth-order valence-corrected chi connectivity index (χ4v) is 2.30. The van der Waals surface area contributed by atoms with Gasteiger partial charge in [-0.05, 0) is 36.1 Å². The van der Waals surface area contributed by atoms with Crippen molar-refractivity contribution in [1.82, 2.24) is 9.13 Å². The molecule has 5 heteroatoms. The van der Waals surface area contributed by atoms with Crippen LogP contribution in [0.25, 0.3) is 0 Å². The molecule has 0 saturated heterocycles. The summed E-state index contributed by atoms with van der Waals surface area (Å²) in [7, 11) is 0. The fraction of sp³-hybridized carbons (Fsp3) is 0.357. The molecule has 1 saturated carbocycles. The van der Waals surface area contributed by atoms with Gasteiger partial charge in [-0.15, -0.1) is 0 Å². The average Bonchev–Trinajstić information content (AvgIpc) is 3.17. The second-order valence-corrected chi connectivity index (χ2v) is 4.96. The van der Waals surface area contributed by atoms with E-state index in [1.807, 2.05) is 0 Å². The lowest BCUT2D eigenvalue weighted by atomic mass is 10.1. The topological polar surface area (TPSA) is 52.9 Å². The Bertz CT molecular complexity index is 655. The zero-order valence-corrected chi connectivity index (χ0v) is 10.6. The van der Waals surface area contributed by atoms with Gasteiger partial charge in [-0.25, -0.2) is 9.18 Å². The maximum absolute atomic E-state index is 13.3. The molecule has 0 atom stereocenters. The molecule has 19 heavy (non-hydrogen) atoms. The lowest BCUT2D eigenvalue weighted by Crippen LogP contribution is -2.24. The molecule has 4 nitrogen and oxygen atoms in total. The van der Waals surface area contributed by atoms with E-state index in [1.54, 1.807) is 27.6 Å². The van der Waals surface area contributed by atoms with Gasteiger partial charge in [-0.2, -0.15) is 0 Å². The fourth-order valence-electron chi connectivity index (χ4n) is 2.30. The molecule has 1 aliphatic rings. The van der Waals surface area contributed by atoms with Crippen LogP contribution in [0.15, 0.2) is 35.4 Å². The van der Waals surface area contributed by atoms with Crippen molar-refractivity contribution in [3.63, 3.8) is 0 Å². The third-order valence-electron chi connectivity index (χ3n) is 3.54. The van der Waals surface area contributed by atoms with Crippen molar-refractivity contribution in [3.05, 3.63) is 58.0 Å². The van der Waals surface area contributed by atoms with Crippen LogP contribution >= 0.6 is 0 Å². The van der Waals surface area contributed by atoms with Crippen molar-refractivity contribution in [1.29, 1.82) is 0 Å². The van der Waals surface area contributed by atoms with E-state index in [4.69, 9.17) is 5.73 Å². The zero-order valence-electron chi connectivity index (χ0n) is 10.6. The van der Waals surface area contributed by atoms with Crippen molar-refractivity contribution < 1.29 is 4.39 Å². The molecule has 1 heterocycles. The third kappa shape index (κ3) is 2.33. The Morgan fingerprint density at radius 1 is 1.26 bits per heavy atom. The van der Waals surface area contributed by atoms with E-state index in [1.165, 1.54) is 12.1 Å². The summed E-state index contributed by atoms with van der Waals surface area (Å²) < 4.78 is 16.7. The van der Waals surface area contributed by atoms with Gasteiger partial charge in [0.05, 0.1) is 6.54 Å². The second kappa shape index (κ2) is 4.66. The van der Waals surface area contributed by atoms with Gasteiger partial charge in [0.15, 0.2) is 0 Å². The summed E-state index contributed by atoms with van der Waals surface area (Å²) in [6.45, 7) is 0.705. The van der Waals surface area contributed by atoms with Crippen LogP contribution in [-0.2, 0) is 13.1 Å². The lowest BCUT2D eigenvalue weighted by Gasteiger charge is -2.08. The molecular weight excluding hydrogens is 245 g/mol. The van der Waals surface area contributed by atoms with E-state index in [2.05, 4.69) is 0 Å². The maximum Gasteiger partial charge on any atom is 0.328 e. The van der Waals surface area contributed by atoms with E-state index >= 15 is 0 Å². The van der Waals surface area contributed by atoms with Gasteiger partial charge in [0.1, 0.15) is 5.82 Å². The highest BCUT2D eigenvalue weighted by Gasteiger charge is 2.25. The van der Waals surface area contributed by atoms with Crippen molar-refractivity contribution in [2.75, 3.05) is 0 Å². The normalized spacial score (nSPS) is 14.8. The van der Waals surface area contributed by atoms with Gasteiger partial charge in [-0.1, -0.05) is 6.07 Å². The Labute approximate surface area is 110 Å². The van der Waals surface area contributed by atoms with Crippen LogP contribution in [0.2, 0.25) is 0 Å². The molecule has 0 unspecified atom stereocenters. The molecule has 1 aliphatic carbocycles. The summed E-state index contributed by atoms with van der Waals surface area (Å²) in [5, 5.41) is 0. The predicted molar refractivity (Wildman–Crippen MR) is 70.4 cm³/mol. The highest BCUT2D eigenvalue weighted by molar-refractivity contribution is 5.28. The van der Waals surface area contributed by atoms with E-state index in [9.17, 15) is 9.18 Å². The number of imidazole rings is 1. The Morgan fingerprint density at radius 3 is 2.74 bits per heavy atom. The highest BCUT2D eigenvalue weighted by atomic mass is 19.1. The van der Waals surface area contributed by atoms with Crippen LogP contribution in [0.1, 0.15) is 30.0 Å². The summed E-state index contributed by atoms with van der Waals surface area (Å²) in [4.78, 5) is 12.1. The molecule has 2 N–H and O–H groups in total. The van der Waals surface area contributed by atoms with E-state index < -0.39 is 0 Å². The number of hydrogen-bond acceptors (Lipinski definition) is 2. The maximum atomic E-state index is 13.3. The summed E-state index contributed by atoms with van der Waals surface area (Å²) in [5.41, 5.74) is 7.24. The minimum Gasteiger partial charge on any atom is -0.326 e. The minimum atomic E-state index is -0.304. The standard InChI is InChI=1S/C14H16FN3O/c15-12-2-1-10(8-16)11(7-12)9-17-5-6-18(14(17)19)13-3-4-13/h1-2,5-7,13H,3-4,8-9,16H2. The first-order chi connectivity index (χ1) is 9.19. The first-order valence-electron chi connectivity index (χ1n) is 6.43. The molecule has 3 rings (SSSR count). The number of aromatic nitrogens is 2. The van der Waals surface area contributed by atoms with Gasteiger partial charge < -0.3 is 5.73 Å². The molecular formula is C14H16FN3O. The number of halogens is 1. The van der Waals surface area contributed by atoms with Crippen LogP contribution in [0, 0.1) is 5.82 Å². The summed E-state index contributed by atoms with van der Waals surface area (Å²) in [6, 6.07) is 4.87. The second-order valence-electron chi connectivity index (χ2n) is 4.96. The average molecular weight is 261 g/mol. The van der Waals surface area contributed by atoms with Gasteiger partial charge in [0.25, 0.3) is 0 Å². The zero-order chi connectivity index (χ0) is 13.4. The van der Waals surface area contributed by atoms with E-state index in [0.717, 1.165) is 24.0 Å². The van der Waals surface area contributed by atoms with Gasteiger partial charge in [0.2, 0.25) is 0 Å². The van der Waals surface area contributed by atoms with Crippen LogP contribution in [0.3, 0.4) is 0 Å². The van der Waals surface area contributed by atoms with Gasteiger partial charge in [-0.3, -0.25) is 9.13 Å². The molecule has 1 aromatic carbocycles. The monoisotopic (exact) mass is 261 g/mol. The number of nitrogens with two attached hydrogens (primary N) is 1. The predicted octanol–water partition coefficient (Wildman–Crippen LogP) is 1.63. The molecule has 0 spiro atoms. The molecule has 1 fully saturated rings. The smallest absolute Gasteiger partial charge is 0.326 e.